The van der Waals surface area contributed by atoms with Crippen LogP contribution in [0, 0.1) is 0 Å². The van der Waals surface area contributed by atoms with E-state index < -0.39 is 0 Å². The van der Waals surface area contributed by atoms with Crippen LogP contribution in [0.3, 0.4) is 0 Å². The molecule has 4 heteroatoms. The van der Waals surface area contributed by atoms with Gasteiger partial charge in [-0.2, -0.15) is 0 Å². The number of nitrogens with two attached hydrogens (primary N) is 1. The lowest BCUT2D eigenvalue weighted by Crippen LogP contribution is -3.00. The summed E-state index contributed by atoms with van der Waals surface area (Å²) in [4.78, 5) is 0. The van der Waals surface area contributed by atoms with Crippen LogP contribution >= 0.6 is 0 Å². The minimum absolute atomic E-state index is 0. The number of rotatable bonds is 28. The lowest BCUT2D eigenvalue weighted by atomic mass is 10.1. The van der Waals surface area contributed by atoms with Crippen LogP contribution in [-0.2, 0) is 9.47 Å². The minimum Gasteiger partial charge on any atom is -1.00 e. The van der Waals surface area contributed by atoms with E-state index in [2.05, 4.69) is 13.8 Å². The Bertz CT molecular complexity index is 405. The van der Waals surface area contributed by atoms with Gasteiger partial charge in [0.2, 0.25) is 0 Å². The number of unbranched alkanes of at least 4 members (excludes halogenated alkanes) is 22. The molecule has 0 fully saturated rings. The molecule has 0 aliphatic rings. The molecule has 0 bridgehead atoms. The van der Waals surface area contributed by atoms with Crippen LogP contribution in [0.4, 0.5) is 0 Å². The van der Waals surface area contributed by atoms with Crippen LogP contribution in [0.15, 0.2) is 0 Å². The average Bonchev–Trinajstić information content (AvgIpc) is 2.84. The monoisotopic (exact) mass is 561 g/mol. The van der Waals surface area contributed by atoms with E-state index in [4.69, 9.17) is 14.9 Å². The van der Waals surface area contributed by atoms with Crippen LogP contribution in [0.2, 0.25) is 0 Å². The highest BCUT2D eigenvalue weighted by atomic mass is 79.9. The van der Waals surface area contributed by atoms with E-state index in [1.165, 1.54) is 141 Å². The Kier molecular flexibility index (Phi) is 33.8. The molecule has 212 valence electrons. The normalized spacial score (nSPS) is 11.9. The summed E-state index contributed by atoms with van der Waals surface area (Å²) in [6.45, 7) is 8.11. The summed E-state index contributed by atoms with van der Waals surface area (Å²) in [6.07, 6.45) is 32.7. The van der Waals surface area contributed by atoms with E-state index in [1.807, 2.05) is 6.92 Å². The van der Waals surface area contributed by atoms with Crippen LogP contribution < -0.4 is 22.4 Å². The summed E-state index contributed by atoms with van der Waals surface area (Å²) in [5, 5.41) is 6.07. The first kappa shape index (κ1) is 37.1. The molecule has 0 saturated carbocycles. The lowest BCUT2D eigenvalue weighted by molar-refractivity contribution is -0.156. The fraction of sp³-hybridized carbons (Fsp3) is 0.968. The summed E-state index contributed by atoms with van der Waals surface area (Å²) >= 11 is 0. The first-order valence-corrected chi connectivity index (χ1v) is 15.6. The van der Waals surface area contributed by atoms with Crippen molar-refractivity contribution in [2.45, 2.75) is 181 Å². The van der Waals surface area contributed by atoms with Gasteiger partial charge in [0.15, 0.2) is 6.10 Å². The van der Waals surface area contributed by atoms with Gasteiger partial charge in [-0.25, -0.2) is 5.41 Å². The molecule has 1 atom stereocenters. The van der Waals surface area contributed by atoms with Crippen molar-refractivity contribution in [1.29, 1.82) is 0 Å². The third-order valence-electron chi connectivity index (χ3n) is 7.03. The minimum atomic E-state index is -0.0926. The molecule has 0 rings (SSSR count). The Morgan fingerprint density at radius 3 is 1.11 bits per heavy atom. The van der Waals surface area contributed by atoms with E-state index in [1.54, 1.807) is 0 Å². The maximum Gasteiger partial charge on any atom is 0.362 e. The van der Waals surface area contributed by atoms with Gasteiger partial charge in [0.25, 0.3) is 0 Å². The molecule has 0 aromatic carbocycles. The third kappa shape index (κ3) is 30.0. The van der Waals surface area contributed by atoms with Crippen molar-refractivity contribution in [1.82, 2.24) is 0 Å². The van der Waals surface area contributed by atoms with Crippen LogP contribution in [0.1, 0.15) is 175 Å². The molecule has 0 aliphatic carbocycles. The van der Waals surface area contributed by atoms with Crippen molar-refractivity contribution in [3.8, 4) is 0 Å². The van der Waals surface area contributed by atoms with Crippen LogP contribution in [0.25, 0.3) is 0 Å². The van der Waals surface area contributed by atoms with Crippen molar-refractivity contribution in [2.24, 2.45) is 0 Å². The molecule has 0 aromatic heterocycles. The summed E-state index contributed by atoms with van der Waals surface area (Å²) in [5.74, 6) is 0.557. The van der Waals surface area contributed by atoms with Gasteiger partial charge in [0.05, 0.1) is 6.61 Å². The standard InChI is InChI=1S/C31H63NO2.BrH/c1-4-6-8-10-12-14-16-18-20-22-24-26-28-33-30(3)31(32)34-29-27-25-23-21-19-17-15-13-11-9-7-5-2;/h30,32H,4-29H2,1-3H3;1H. The summed E-state index contributed by atoms with van der Waals surface area (Å²) in [6, 6.07) is 0. The average molecular weight is 563 g/mol. The molecular formula is C31H64BrNO2. The smallest absolute Gasteiger partial charge is 0.362 e. The van der Waals surface area contributed by atoms with Crippen molar-refractivity contribution in [3.05, 3.63) is 0 Å². The summed E-state index contributed by atoms with van der Waals surface area (Å²) < 4.78 is 11.6. The fourth-order valence-electron chi connectivity index (χ4n) is 4.54. The van der Waals surface area contributed by atoms with Gasteiger partial charge in [-0.15, -0.1) is 0 Å². The molecule has 0 heterocycles. The number of hydrogen-bond donors (Lipinski definition) is 1. The van der Waals surface area contributed by atoms with Gasteiger partial charge in [0, 0.05) is 6.61 Å². The molecule has 0 amide bonds. The van der Waals surface area contributed by atoms with Gasteiger partial charge in [-0.1, -0.05) is 155 Å². The van der Waals surface area contributed by atoms with Crippen molar-refractivity contribution < 1.29 is 31.9 Å². The van der Waals surface area contributed by atoms with Crippen molar-refractivity contribution >= 4 is 5.90 Å². The van der Waals surface area contributed by atoms with E-state index in [0.29, 0.717) is 5.90 Å². The molecule has 0 aliphatic heterocycles. The molecule has 35 heavy (non-hydrogen) atoms. The summed E-state index contributed by atoms with van der Waals surface area (Å²) in [5.41, 5.74) is 0. The van der Waals surface area contributed by atoms with Gasteiger partial charge >= 0.3 is 5.90 Å². The second kappa shape index (κ2) is 31.9. The highest BCUT2D eigenvalue weighted by Gasteiger charge is 2.16. The maximum absolute atomic E-state index is 6.07. The number of hydrogen-bond acceptors (Lipinski definition) is 2. The second-order valence-electron chi connectivity index (χ2n) is 10.5. The quantitative estimate of drug-likeness (QED) is 0.0725. The predicted molar refractivity (Wildman–Crippen MR) is 150 cm³/mol. The van der Waals surface area contributed by atoms with Gasteiger partial charge in [-0.05, 0) is 19.8 Å². The van der Waals surface area contributed by atoms with E-state index in [9.17, 15) is 0 Å². The summed E-state index contributed by atoms with van der Waals surface area (Å²) in [7, 11) is 0. The van der Waals surface area contributed by atoms with Crippen LogP contribution in [-0.4, -0.2) is 25.2 Å². The third-order valence-corrected chi connectivity index (χ3v) is 7.03. The molecule has 2 N–H and O–H groups in total. The Morgan fingerprint density at radius 1 is 0.486 bits per heavy atom. The first-order valence-electron chi connectivity index (χ1n) is 15.6. The van der Waals surface area contributed by atoms with Gasteiger partial charge in [0.1, 0.15) is 0 Å². The Balaban J connectivity index is 0. The zero-order valence-electron chi connectivity index (χ0n) is 24.2. The van der Waals surface area contributed by atoms with Crippen LogP contribution in [0.5, 0.6) is 0 Å². The van der Waals surface area contributed by atoms with Crippen molar-refractivity contribution in [2.75, 3.05) is 13.2 Å². The second-order valence-corrected chi connectivity index (χ2v) is 10.5. The molecule has 0 spiro atoms. The van der Waals surface area contributed by atoms with Gasteiger partial charge in [-0.3, -0.25) is 0 Å². The van der Waals surface area contributed by atoms with Gasteiger partial charge < -0.3 is 26.5 Å². The first-order chi connectivity index (χ1) is 16.7. The van der Waals surface area contributed by atoms with E-state index >= 15 is 0 Å². The SMILES string of the molecule is CCCCCCCCCCCCCCOC(=[NH2+])C(C)OCCCCCCCCCCCCCC.[Br-]. The van der Waals surface area contributed by atoms with E-state index in [0.717, 1.165) is 26.1 Å². The van der Waals surface area contributed by atoms with E-state index in [-0.39, 0.29) is 23.1 Å². The Labute approximate surface area is 231 Å². The predicted octanol–water partition coefficient (Wildman–Crippen LogP) is 5.97. The molecule has 0 radical (unpaired) electrons. The molecular weight excluding hydrogens is 498 g/mol. The van der Waals surface area contributed by atoms with Crippen molar-refractivity contribution in [3.63, 3.8) is 0 Å². The highest BCUT2D eigenvalue weighted by molar-refractivity contribution is 5.74. The lowest BCUT2D eigenvalue weighted by Gasteiger charge is -2.11. The molecule has 0 aromatic rings. The fourth-order valence-corrected chi connectivity index (χ4v) is 4.54. The zero-order valence-corrected chi connectivity index (χ0v) is 25.8. The number of halogens is 1. The Hall–Kier alpha value is -0.0900. The molecule has 0 saturated heterocycles. The highest BCUT2D eigenvalue weighted by Crippen LogP contribution is 2.13. The zero-order chi connectivity index (χ0) is 25.0. The Morgan fingerprint density at radius 2 is 0.771 bits per heavy atom. The largest absolute Gasteiger partial charge is 1.00 e. The molecule has 3 nitrogen and oxygen atoms in total. The molecule has 1 unspecified atom stereocenters. The maximum atomic E-state index is 6.07. The number of ether oxygens (including phenoxy) is 2. The topological polar surface area (TPSA) is 44.0 Å².